The Morgan fingerprint density at radius 2 is 1.64 bits per heavy atom. The summed E-state index contributed by atoms with van der Waals surface area (Å²) >= 11 is 12.2. The standard InChI is InChI=1S/C20H21Cl2NO4S/c21-17-8-4-3-7-16(17)14-27-20(24)15-9-10-18(22)19(13-15)28(25,26)23-11-5-1-2-6-12-23/h3-4,7-10,13H,1-2,5-6,11-12,14H2. The third-order valence-corrected chi connectivity index (χ3v) is 7.42. The van der Waals surface area contributed by atoms with Crippen molar-refractivity contribution in [3.05, 3.63) is 63.6 Å². The maximum absolute atomic E-state index is 13.0. The lowest BCUT2D eigenvalue weighted by Crippen LogP contribution is -2.32. The van der Waals surface area contributed by atoms with Crippen molar-refractivity contribution in [1.82, 2.24) is 4.31 Å². The highest BCUT2D eigenvalue weighted by molar-refractivity contribution is 7.89. The predicted molar refractivity (Wildman–Crippen MR) is 109 cm³/mol. The van der Waals surface area contributed by atoms with Crippen LogP contribution in [0.2, 0.25) is 10.0 Å². The zero-order valence-corrected chi connectivity index (χ0v) is 17.6. The molecule has 1 fully saturated rings. The van der Waals surface area contributed by atoms with Gasteiger partial charge in [0.2, 0.25) is 10.0 Å². The molecule has 0 spiro atoms. The number of carbonyl (C=O) groups is 1. The van der Waals surface area contributed by atoms with Crippen LogP contribution in [0.4, 0.5) is 0 Å². The largest absolute Gasteiger partial charge is 0.457 e. The number of carbonyl (C=O) groups excluding carboxylic acids is 1. The van der Waals surface area contributed by atoms with Crippen LogP contribution in [-0.4, -0.2) is 31.8 Å². The minimum absolute atomic E-state index is 0.00462. The molecule has 1 aliphatic rings. The Labute approximate surface area is 175 Å². The summed E-state index contributed by atoms with van der Waals surface area (Å²) in [6.45, 7) is 0.912. The van der Waals surface area contributed by atoms with Crippen LogP contribution >= 0.6 is 23.2 Å². The van der Waals surface area contributed by atoms with Crippen molar-refractivity contribution in [2.24, 2.45) is 0 Å². The van der Waals surface area contributed by atoms with E-state index < -0.39 is 16.0 Å². The number of hydrogen-bond acceptors (Lipinski definition) is 4. The monoisotopic (exact) mass is 441 g/mol. The molecule has 28 heavy (non-hydrogen) atoms. The lowest BCUT2D eigenvalue weighted by atomic mass is 10.2. The third kappa shape index (κ3) is 4.87. The van der Waals surface area contributed by atoms with Crippen LogP contribution in [-0.2, 0) is 21.4 Å². The average molecular weight is 442 g/mol. The Morgan fingerprint density at radius 3 is 2.32 bits per heavy atom. The molecule has 0 aromatic heterocycles. The summed E-state index contributed by atoms with van der Waals surface area (Å²) in [5, 5.41) is 0.586. The topological polar surface area (TPSA) is 63.7 Å². The first-order valence-corrected chi connectivity index (χ1v) is 11.3. The second-order valence-electron chi connectivity index (χ2n) is 6.63. The van der Waals surface area contributed by atoms with E-state index >= 15 is 0 Å². The molecule has 8 heteroatoms. The highest BCUT2D eigenvalue weighted by Crippen LogP contribution is 2.28. The van der Waals surface area contributed by atoms with Crippen molar-refractivity contribution in [2.45, 2.75) is 37.2 Å². The number of benzene rings is 2. The molecular formula is C20H21Cl2NO4S. The number of esters is 1. The molecular weight excluding hydrogens is 421 g/mol. The molecule has 0 amide bonds. The first-order valence-electron chi connectivity index (χ1n) is 9.10. The number of halogens is 2. The summed E-state index contributed by atoms with van der Waals surface area (Å²) in [4.78, 5) is 12.4. The Hall–Kier alpha value is -1.60. The molecule has 1 aliphatic heterocycles. The Kier molecular flexibility index (Phi) is 6.99. The molecule has 0 saturated carbocycles. The molecule has 0 aliphatic carbocycles. The van der Waals surface area contributed by atoms with E-state index in [-0.39, 0.29) is 22.1 Å². The fraction of sp³-hybridized carbons (Fsp3) is 0.350. The van der Waals surface area contributed by atoms with Crippen molar-refractivity contribution in [3.63, 3.8) is 0 Å². The Balaban J connectivity index is 1.80. The number of sulfonamides is 1. The highest BCUT2D eigenvalue weighted by atomic mass is 35.5. The average Bonchev–Trinajstić information content (AvgIpc) is 2.97. The lowest BCUT2D eigenvalue weighted by molar-refractivity contribution is 0.0472. The van der Waals surface area contributed by atoms with Crippen LogP contribution < -0.4 is 0 Å². The van der Waals surface area contributed by atoms with Crippen molar-refractivity contribution >= 4 is 39.2 Å². The molecule has 1 heterocycles. The molecule has 0 atom stereocenters. The van der Waals surface area contributed by atoms with Gasteiger partial charge in [-0.05, 0) is 37.1 Å². The van der Waals surface area contributed by atoms with E-state index in [1.807, 2.05) is 0 Å². The van der Waals surface area contributed by atoms with Gasteiger partial charge in [0, 0.05) is 23.7 Å². The normalized spacial score (nSPS) is 15.8. The Bertz CT molecular complexity index is 954. The van der Waals surface area contributed by atoms with Crippen molar-refractivity contribution in [1.29, 1.82) is 0 Å². The minimum atomic E-state index is -3.77. The quantitative estimate of drug-likeness (QED) is 0.617. The first kappa shape index (κ1) is 21.1. The summed E-state index contributed by atoms with van der Waals surface area (Å²) in [6.07, 6.45) is 3.65. The molecule has 0 N–H and O–H groups in total. The molecule has 2 aromatic carbocycles. The van der Waals surface area contributed by atoms with E-state index in [4.69, 9.17) is 27.9 Å². The van der Waals surface area contributed by atoms with Gasteiger partial charge in [0.05, 0.1) is 10.6 Å². The first-order chi connectivity index (χ1) is 13.4. The van der Waals surface area contributed by atoms with E-state index in [1.165, 1.54) is 22.5 Å². The van der Waals surface area contributed by atoms with Gasteiger partial charge in [-0.1, -0.05) is 54.2 Å². The Morgan fingerprint density at radius 1 is 0.964 bits per heavy atom. The van der Waals surface area contributed by atoms with Gasteiger partial charge in [-0.2, -0.15) is 4.31 Å². The van der Waals surface area contributed by atoms with E-state index in [0.717, 1.165) is 25.7 Å². The van der Waals surface area contributed by atoms with Gasteiger partial charge in [-0.15, -0.1) is 0 Å². The van der Waals surface area contributed by atoms with Crippen molar-refractivity contribution < 1.29 is 17.9 Å². The van der Waals surface area contributed by atoms with Gasteiger partial charge < -0.3 is 4.74 Å². The molecule has 2 aromatic rings. The number of ether oxygens (including phenoxy) is 1. The lowest BCUT2D eigenvalue weighted by Gasteiger charge is -2.21. The van der Waals surface area contributed by atoms with E-state index in [9.17, 15) is 13.2 Å². The second-order valence-corrected chi connectivity index (χ2v) is 9.35. The van der Waals surface area contributed by atoms with Crippen LogP contribution in [0, 0.1) is 0 Å². The van der Waals surface area contributed by atoms with Crippen LogP contribution in [0.5, 0.6) is 0 Å². The van der Waals surface area contributed by atoms with Crippen molar-refractivity contribution in [3.8, 4) is 0 Å². The minimum Gasteiger partial charge on any atom is -0.457 e. The van der Waals surface area contributed by atoms with Gasteiger partial charge in [0.25, 0.3) is 0 Å². The maximum Gasteiger partial charge on any atom is 0.338 e. The molecule has 0 radical (unpaired) electrons. The molecule has 0 bridgehead atoms. The summed E-state index contributed by atoms with van der Waals surface area (Å²) in [6, 6.07) is 11.2. The third-order valence-electron chi connectivity index (χ3n) is 4.67. The van der Waals surface area contributed by atoms with Gasteiger partial charge >= 0.3 is 5.97 Å². The fourth-order valence-corrected chi connectivity index (χ4v) is 5.30. The maximum atomic E-state index is 13.0. The SMILES string of the molecule is O=C(OCc1ccccc1Cl)c1ccc(Cl)c(S(=O)(=O)N2CCCCCC2)c1. The molecule has 150 valence electrons. The van der Waals surface area contributed by atoms with Crippen LogP contribution in [0.15, 0.2) is 47.4 Å². The van der Waals surface area contributed by atoms with E-state index in [0.29, 0.717) is 23.7 Å². The smallest absolute Gasteiger partial charge is 0.338 e. The van der Waals surface area contributed by atoms with Crippen LogP contribution in [0.1, 0.15) is 41.6 Å². The van der Waals surface area contributed by atoms with E-state index in [1.54, 1.807) is 24.3 Å². The van der Waals surface area contributed by atoms with E-state index in [2.05, 4.69) is 0 Å². The summed E-state index contributed by atoms with van der Waals surface area (Å²) < 4.78 is 32.8. The summed E-state index contributed by atoms with van der Waals surface area (Å²) in [5.74, 6) is -0.635. The predicted octanol–water partition coefficient (Wildman–Crippen LogP) is 4.92. The van der Waals surface area contributed by atoms with Gasteiger partial charge in [0.15, 0.2) is 0 Å². The summed E-state index contributed by atoms with van der Waals surface area (Å²) in [5.41, 5.74) is 0.800. The zero-order valence-electron chi connectivity index (χ0n) is 15.2. The van der Waals surface area contributed by atoms with Crippen molar-refractivity contribution in [2.75, 3.05) is 13.1 Å². The van der Waals surface area contributed by atoms with Gasteiger partial charge in [0.1, 0.15) is 11.5 Å². The van der Waals surface area contributed by atoms with Crippen LogP contribution in [0.3, 0.4) is 0 Å². The van der Waals surface area contributed by atoms with Gasteiger partial charge in [-0.25, -0.2) is 13.2 Å². The molecule has 5 nitrogen and oxygen atoms in total. The molecule has 3 rings (SSSR count). The summed E-state index contributed by atoms with van der Waals surface area (Å²) in [7, 11) is -3.77. The van der Waals surface area contributed by atoms with Crippen LogP contribution in [0.25, 0.3) is 0 Å². The van der Waals surface area contributed by atoms with Gasteiger partial charge in [-0.3, -0.25) is 0 Å². The number of rotatable bonds is 5. The highest BCUT2D eigenvalue weighted by Gasteiger charge is 2.28. The molecule has 0 unspecified atom stereocenters. The zero-order chi connectivity index (χ0) is 20.1. The number of nitrogens with zero attached hydrogens (tertiary/aromatic N) is 1. The number of hydrogen-bond donors (Lipinski definition) is 0. The second kappa shape index (κ2) is 9.27. The fourth-order valence-electron chi connectivity index (χ4n) is 3.09. The molecule has 1 saturated heterocycles.